The predicted octanol–water partition coefficient (Wildman–Crippen LogP) is 5.70. The molecule has 31 heavy (non-hydrogen) atoms. The minimum absolute atomic E-state index is 0.339. The van der Waals surface area contributed by atoms with Gasteiger partial charge in [-0.05, 0) is 54.1 Å². The summed E-state index contributed by atoms with van der Waals surface area (Å²) >= 11 is 18.6. The lowest BCUT2D eigenvalue weighted by atomic mass is 9.90. The summed E-state index contributed by atoms with van der Waals surface area (Å²) in [5, 5.41) is 2.99. The molecule has 0 saturated carbocycles. The Balaban J connectivity index is 1.62. The van der Waals surface area contributed by atoms with Gasteiger partial charge >= 0.3 is 0 Å². The SMILES string of the molecule is O=C1[C@@H]2[C@@H](ON(c3ccc(Cl)cc3)[C@H]2c2ccc(Cl)cc2Cl)C(=O)N1c1ccccc1. The van der Waals surface area contributed by atoms with Crippen LogP contribution < -0.4 is 9.96 Å². The molecule has 2 amide bonds. The number of carbonyl (C=O) groups is 2. The molecule has 3 aromatic carbocycles. The van der Waals surface area contributed by atoms with Crippen LogP contribution in [0.3, 0.4) is 0 Å². The smallest absolute Gasteiger partial charge is 0.266 e. The van der Waals surface area contributed by atoms with Gasteiger partial charge in [-0.3, -0.25) is 14.4 Å². The van der Waals surface area contributed by atoms with Gasteiger partial charge in [0.1, 0.15) is 5.92 Å². The number of amides is 2. The Hall–Kier alpha value is -2.57. The first-order valence-electron chi connectivity index (χ1n) is 9.55. The van der Waals surface area contributed by atoms with Crippen LogP contribution in [0, 0.1) is 5.92 Å². The number of benzene rings is 3. The van der Waals surface area contributed by atoms with Crippen LogP contribution in [0.5, 0.6) is 0 Å². The van der Waals surface area contributed by atoms with Gasteiger partial charge in [0.15, 0.2) is 6.10 Å². The van der Waals surface area contributed by atoms with Crippen molar-refractivity contribution in [3.8, 4) is 0 Å². The number of para-hydroxylation sites is 1. The van der Waals surface area contributed by atoms with Crippen molar-refractivity contribution in [3.05, 3.63) is 93.4 Å². The molecule has 0 radical (unpaired) electrons. The predicted molar refractivity (Wildman–Crippen MR) is 120 cm³/mol. The molecule has 5 rings (SSSR count). The molecular formula is C23H15Cl3N2O3. The molecule has 0 N–H and O–H groups in total. The van der Waals surface area contributed by atoms with Crippen LogP contribution in [-0.2, 0) is 14.4 Å². The van der Waals surface area contributed by atoms with Gasteiger partial charge in [-0.15, -0.1) is 0 Å². The second-order valence-electron chi connectivity index (χ2n) is 7.31. The number of anilines is 2. The third kappa shape index (κ3) is 3.38. The highest BCUT2D eigenvalue weighted by molar-refractivity contribution is 6.35. The minimum Gasteiger partial charge on any atom is -0.273 e. The van der Waals surface area contributed by atoms with Crippen LogP contribution >= 0.6 is 34.8 Å². The molecule has 3 atom stereocenters. The van der Waals surface area contributed by atoms with E-state index in [1.54, 1.807) is 71.8 Å². The van der Waals surface area contributed by atoms with Crippen molar-refractivity contribution >= 4 is 58.0 Å². The van der Waals surface area contributed by atoms with Crippen LogP contribution in [-0.4, -0.2) is 17.9 Å². The minimum atomic E-state index is -0.972. The van der Waals surface area contributed by atoms with E-state index in [1.165, 1.54) is 4.90 Å². The number of imide groups is 1. The number of nitrogens with zero attached hydrogens (tertiary/aromatic N) is 2. The Bertz CT molecular complexity index is 1170. The van der Waals surface area contributed by atoms with Crippen molar-refractivity contribution < 1.29 is 14.4 Å². The first kappa shape index (κ1) is 20.3. The summed E-state index contributed by atoms with van der Waals surface area (Å²) in [7, 11) is 0. The molecule has 2 aliphatic heterocycles. The third-order valence-corrected chi connectivity index (χ3v) is 6.31. The van der Waals surface area contributed by atoms with E-state index in [9.17, 15) is 9.59 Å². The van der Waals surface area contributed by atoms with Gasteiger partial charge in [0.05, 0.1) is 17.4 Å². The van der Waals surface area contributed by atoms with Crippen molar-refractivity contribution in [2.45, 2.75) is 12.1 Å². The topological polar surface area (TPSA) is 49.9 Å². The molecule has 0 unspecified atom stereocenters. The lowest BCUT2D eigenvalue weighted by molar-refractivity contribution is -0.126. The molecule has 0 bridgehead atoms. The maximum atomic E-state index is 13.5. The van der Waals surface area contributed by atoms with Gasteiger partial charge in [-0.25, -0.2) is 9.96 Å². The van der Waals surface area contributed by atoms with E-state index in [0.717, 1.165) is 0 Å². The highest BCUT2D eigenvalue weighted by atomic mass is 35.5. The summed E-state index contributed by atoms with van der Waals surface area (Å²) < 4.78 is 0. The average Bonchev–Trinajstić information content (AvgIpc) is 3.25. The van der Waals surface area contributed by atoms with Crippen LogP contribution in [0.4, 0.5) is 11.4 Å². The lowest BCUT2D eigenvalue weighted by Crippen LogP contribution is -2.37. The third-order valence-electron chi connectivity index (χ3n) is 5.49. The number of hydroxylamine groups is 1. The fourth-order valence-electron chi connectivity index (χ4n) is 4.12. The zero-order chi connectivity index (χ0) is 21.7. The van der Waals surface area contributed by atoms with E-state index in [2.05, 4.69) is 0 Å². The zero-order valence-corrected chi connectivity index (χ0v) is 18.2. The van der Waals surface area contributed by atoms with E-state index in [0.29, 0.717) is 32.0 Å². The Morgan fingerprint density at radius 3 is 2.10 bits per heavy atom. The molecule has 2 fully saturated rings. The summed E-state index contributed by atoms with van der Waals surface area (Å²) in [5.41, 5.74) is 1.81. The molecule has 2 aliphatic rings. The quantitative estimate of drug-likeness (QED) is 0.458. The van der Waals surface area contributed by atoms with Crippen LogP contribution in [0.25, 0.3) is 0 Å². The average molecular weight is 474 g/mol. The first-order valence-corrected chi connectivity index (χ1v) is 10.7. The fraction of sp³-hybridized carbons (Fsp3) is 0.130. The normalized spacial score (nSPS) is 22.9. The number of carbonyl (C=O) groups excluding carboxylic acids is 2. The molecular weight excluding hydrogens is 459 g/mol. The molecule has 0 spiro atoms. The Morgan fingerprint density at radius 1 is 0.742 bits per heavy atom. The van der Waals surface area contributed by atoms with Crippen LogP contribution in [0.1, 0.15) is 11.6 Å². The maximum Gasteiger partial charge on any atom is 0.266 e. The molecule has 0 aromatic heterocycles. The summed E-state index contributed by atoms with van der Waals surface area (Å²) in [5.74, 6) is -1.52. The van der Waals surface area contributed by atoms with Crippen LogP contribution in [0.15, 0.2) is 72.8 Å². The summed E-state index contributed by atoms with van der Waals surface area (Å²) in [6, 6.07) is 20.2. The summed E-state index contributed by atoms with van der Waals surface area (Å²) in [6.45, 7) is 0. The lowest BCUT2D eigenvalue weighted by Gasteiger charge is -2.29. The van der Waals surface area contributed by atoms with Gasteiger partial charge in [0.25, 0.3) is 5.91 Å². The van der Waals surface area contributed by atoms with E-state index >= 15 is 0 Å². The Labute approximate surface area is 193 Å². The van der Waals surface area contributed by atoms with Gasteiger partial charge in [0.2, 0.25) is 5.91 Å². The maximum absolute atomic E-state index is 13.5. The van der Waals surface area contributed by atoms with Gasteiger partial charge in [-0.2, -0.15) is 0 Å². The van der Waals surface area contributed by atoms with E-state index in [-0.39, 0.29) is 5.91 Å². The second-order valence-corrected chi connectivity index (χ2v) is 8.59. The van der Waals surface area contributed by atoms with Crippen molar-refractivity contribution in [1.29, 1.82) is 0 Å². The molecule has 5 nitrogen and oxygen atoms in total. The molecule has 156 valence electrons. The molecule has 8 heteroatoms. The largest absolute Gasteiger partial charge is 0.273 e. The molecule has 0 aliphatic carbocycles. The van der Waals surface area contributed by atoms with Crippen LogP contribution in [0.2, 0.25) is 15.1 Å². The number of hydrogen-bond donors (Lipinski definition) is 0. The van der Waals surface area contributed by atoms with Crippen molar-refractivity contribution in [3.63, 3.8) is 0 Å². The number of rotatable bonds is 3. The number of halogens is 3. The monoisotopic (exact) mass is 472 g/mol. The standard InChI is InChI=1S/C23H15Cl3N2O3/c24-13-6-9-16(10-7-13)28-20(17-11-8-14(25)12-18(17)26)19-21(31-28)23(30)27(22(19)29)15-4-2-1-3-5-15/h1-12,19-21H/t19-,20-,21+/m0/s1. The van der Waals surface area contributed by atoms with Gasteiger partial charge in [0, 0.05) is 15.1 Å². The highest BCUT2D eigenvalue weighted by Gasteiger charge is 2.60. The van der Waals surface area contributed by atoms with Crippen molar-refractivity contribution in [2.75, 3.05) is 9.96 Å². The Morgan fingerprint density at radius 2 is 1.42 bits per heavy atom. The summed E-state index contributed by atoms with van der Waals surface area (Å²) in [6.07, 6.45) is -0.972. The Kier molecular flexibility index (Phi) is 5.15. The van der Waals surface area contributed by atoms with Gasteiger partial charge < -0.3 is 0 Å². The molecule has 3 aromatic rings. The second kappa shape index (κ2) is 7.84. The van der Waals surface area contributed by atoms with Crippen molar-refractivity contribution in [2.24, 2.45) is 5.92 Å². The molecule has 2 heterocycles. The summed E-state index contributed by atoms with van der Waals surface area (Å²) in [4.78, 5) is 34.0. The zero-order valence-electron chi connectivity index (χ0n) is 15.9. The van der Waals surface area contributed by atoms with E-state index in [1.807, 2.05) is 6.07 Å². The van der Waals surface area contributed by atoms with Crippen molar-refractivity contribution in [1.82, 2.24) is 0 Å². The number of fused-ring (bicyclic) bond motifs is 1. The van der Waals surface area contributed by atoms with Gasteiger partial charge in [-0.1, -0.05) is 59.1 Å². The fourth-order valence-corrected chi connectivity index (χ4v) is 4.76. The highest BCUT2D eigenvalue weighted by Crippen LogP contribution is 2.49. The molecule has 2 saturated heterocycles. The van der Waals surface area contributed by atoms with E-state index < -0.39 is 24.0 Å². The first-order chi connectivity index (χ1) is 15.0. The van der Waals surface area contributed by atoms with E-state index in [4.69, 9.17) is 39.6 Å². The number of hydrogen-bond acceptors (Lipinski definition) is 4.